The number of carbonyl (C=O) groups is 1. The number of hydrogen-bond donors (Lipinski definition) is 1. The number of carbonyl (C=O) groups excluding carboxylic acids is 1. The Balaban J connectivity index is 1.62. The van der Waals surface area contributed by atoms with E-state index in [0.29, 0.717) is 61.4 Å². The van der Waals surface area contributed by atoms with E-state index in [-0.39, 0.29) is 23.7 Å². The first kappa shape index (κ1) is 24.9. The molecule has 8 nitrogen and oxygen atoms in total. The van der Waals surface area contributed by atoms with E-state index >= 15 is 0 Å². The molecule has 1 saturated heterocycles. The molecule has 4 rings (SSSR count). The quantitative estimate of drug-likeness (QED) is 0.469. The van der Waals surface area contributed by atoms with Crippen molar-refractivity contribution < 1.29 is 13.9 Å². The van der Waals surface area contributed by atoms with Gasteiger partial charge < -0.3 is 19.5 Å². The lowest BCUT2D eigenvalue weighted by Gasteiger charge is -2.34. The van der Waals surface area contributed by atoms with E-state index in [9.17, 15) is 14.0 Å². The lowest BCUT2D eigenvalue weighted by Crippen LogP contribution is -2.40. The van der Waals surface area contributed by atoms with Crippen LogP contribution in [0.4, 0.5) is 21.8 Å². The first-order valence-electron chi connectivity index (χ1n) is 11.8. The van der Waals surface area contributed by atoms with Gasteiger partial charge in [0.05, 0.1) is 11.7 Å². The summed E-state index contributed by atoms with van der Waals surface area (Å²) >= 11 is 6.36. The van der Waals surface area contributed by atoms with Crippen LogP contribution < -0.4 is 20.5 Å². The van der Waals surface area contributed by atoms with E-state index in [4.69, 9.17) is 16.3 Å². The summed E-state index contributed by atoms with van der Waals surface area (Å²) in [6.07, 6.45) is 2.71. The van der Waals surface area contributed by atoms with E-state index in [1.54, 1.807) is 24.5 Å². The SMILES string of the molecule is CCC(=O)COc1cc2cc(Nc3nc(N4CCC(C)(F)CC4)ncc3Cl)ccc2n(CC)c1=O. The summed E-state index contributed by atoms with van der Waals surface area (Å²) in [4.78, 5) is 35.3. The molecule has 1 aromatic carbocycles. The molecule has 0 unspecified atom stereocenters. The van der Waals surface area contributed by atoms with Gasteiger partial charge >= 0.3 is 0 Å². The van der Waals surface area contributed by atoms with Crippen molar-refractivity contribution in [3.8, 4) is 5.75 Å². The van der Waals surface area contributed by atoms with Crippen molar-refractivity contribution in [2.24, 2.45) is 0 Å². The third-order valence-corrected chi connectivity index (χ3v) is 6.52. The van der Waals surface area contributed by atoms with Gasteiger partial charge in [0.15, 0.2) is 17.4 Å². The van der Waals surface area contributed by atoms with Gasteiger partial charge in [-0.2, -0.15) is 4.98 Å². The molecule has 1 aliphatic heterocycles. The monoisotopic (exact) mass is 501 g/mol. The van der Waals surface area contributed by atoms with Crippen LogP contribution in [0.3, 0.4) is 0 Å². The van der Waals surface area contributed by atoms with Gasteiger partial charge in [0.2, 0.25) is 5.95 Å². The van der Waals surface area contributed by atoms with Gasteiger partial charge in [-0.05, 0) is 51.0 Å². The number of nitrogens with zero attached hydrogens (tertiary/aromatic N) is 4. The van der Waals surface area contributed by atoms with E-state index in [1.165, 1.54) is 6.20 Å². The molecule has 35 heavy (non-hydrogen) atoms. The normalized spacial score (nSPS) is 15.3. The Hall–Kier alpha value is -3.20. The van der Waals surface area contributed by atoms with Gasteiger partial charge in [0, 0.05) is 37.1 Å². The predicted molar refractivity (Wildman–Crippen MR) is 136 cm³/mol. The third-order valence-electron chi connectivity index (χ3n) is 6.24. The van der Waals surface area contributed by atoms with Crippen LogP contribution >= 0.6 is 11.6 Å². The maximum absolute atomic E-state index is 14.2. The Morgan fingerprint density at radius 2 is 2.00 bits per heavy atom. The van der Waals surface area contributed by atoms with Crippen molar-refractivity contribution >= 4 is 45.7 Å². The molecule has 3 heterocycles. The van der Waals surface area contributed by atoms with Crippen molar-refractivity contribution in [1.82, 2.24) is 14.5 Å². The van der Waals surface area contributed by atoms with Crippen molar-refractivity contribution in [3.05, 3.63) is 45.8 Å². The Kier molecular flexibility index (Phi) is 7.25. The van der Waals surface area contributed by atoms with Gasteiger partial charge in [-0.3, -0.25) is 9.59 Å². The maximum atomic E-state index is 14.2. The number of nitrogens with one attached hydrogen (secondary N) is 1. The van der Waals surface area contributed by atoms with Crippen LogP contribution in [0.5, 0.6) is 5.75 Å². The molecule has 1 fully saturated rings. The average molecular weight is 502 g/mol. The first-order chi connectivity index (χ1) is 16.7. The lowest BCUT2D eigenvalue weighted by atomic mass is 9.96. The van der Waals surface area contributed by atoms with Crippen molar-refractivity contribution in [1.29, 1.82) is 0 Å². The van der Waals surface area contributed by atoms with Crippen LogP contribution in [0.1, 0.15) is 40.0 Å². The number of benzene rings is 1. The van der Waals surface area contributed by atoms with Crippen molar-refractivity contribution in [2.45, 2.75) is 52.2 Å². The van der Waals surface area contributed by atoms with Gasteiger partial charge in [-0.1, -0.05) is 18.5 Å². The first-order valence-corrected chi connectivity index (χ1v) is 12.1. The number of fused-ring (bicyclic) bond motifs is 1. The number of piperidine rings is 1. The molecule has 0 bridgehead atoms. The number of hydrogen-bond acceptors (Lipinski definition) is 7. The van der Waals surface area contributed by atoms with Gasteiger partial charge in [-0.15, -0.1) is 0 Å². The molecule has 0 amide bonds. The van der Waals surface area contributed by atoms with Crippen molar-refractivity contribution in [2.75, 3.05) is 29.9 Å². The highest BCUT2D eigenvalue weighted by Crippen LogP contribution is 2.31. The fourth-order valence-electron chi connectivity index (χ4n) is 4.02. The molecular formula is C25H29ClFN5O3. The van der Waals surface area contributed by atoms with Gasteiger partial charge in [-0.25, -0.2) is 9.37 Å². The Bertz CT molecular complexity index is 1300. The van der Waals surface area contributed by atoms with Crippen LogP contribution in [-0.4, -0.2) is 45.7 Å². The summed E-state index contributed by atoms with van der Waals surface area (Å²) < 4.78 is 21.3. The number of halogens is 2. The molecule has 1 N–H and O–H groups in total. The minimum atomic E-state index is -1.17. The zero-order chi connectivity index (χ0) is 25.2. The summed E-state index contributed by atoms with van der Waals surface area (Å²) in [6.45, 7) is 6.62. The molecule has 10 heteroatoms. The number of pyridine rings is 1. The number of aryl methyl sites for hydroxylation is 1. The average Bonchev–Trinajstić information content (AvgIpc) is 2.84. The molecular weight excluding hydrogens is 473 g/mol. The minimum Gasteiger partial charge on any atom is -0.480 e. The fraction of sp³-hybridized carbons (Fsp3) is 0.440. The Morgan fingerprint density at radius 1 is 1.26 bits per heavy atom. The number of alkyl halides is 1. The summed E-state index contributed by atoms with van der Waals surface area (Å²) in [7, 11) is 0. The molecule has 0 radical (unpaired) electrons. The van der Waals surface area contributed by atoms with E-state index in [0.717, 1.165) is 10.9 Å². The van der Waals surface area contributed by atoms with Gasteiger partial charge in [0.25, 0.3) is 5.56 Å². The zero-order valence-corrected chi connectivity index (χ0v) is 20.9. The van der Waals surface area contributed by atoms with Crippen LogP contribution in [0.2, 0.25) is 5.02 Å². The second kappa shape index (κ2) is 10.2. The smallest absolute Gasteiger partial charge is 0.293 e. The number of rotatable bonds is 8. The number of aromatic nitrogens is 3. The molecule has 0 saturated carbocycles. The standard InChI is InChI=1S/C25H29ClFN5O3/c1-4-18(33)15-35-21-13-16-12-17(6-7-20(16)32(5-2)23(21)34)29-22-19(26)14-28-24(30-22)31-10-8-25(3,27)9-11-31/h6-7,12-14H,4-5,8-11,15H2,1-3H3,(H,28,29,30). The van der Waals surface area contributed by atoms with Crippen molar-refractivity contribution in [3.63, 3.8) is 0 Å². The minimum absolute atomic E-state index is 0.0815. The zero-order valence-electron chi connectivity index (χ0n) is 20.1. The Labute approximate surface area is 208 Å². The topological polar surface area (TPSA) is 89.3 Å². The summed E-state index contributed by atoms with van der Waals surface area (Å²) in [5.41, 5.74) is 0.00469. The molecule has 2 aromatic heterocycles. The predicted octanol–water partition coefficient (Wildman–Crippen LogP) is 4.89. The molecule has 0 atom stereocenters. The maximum Gasteiger partial charge on any atom is 0.293 e. The second-order valence-electron chi connectivity index (χ2n) is 8.90. The van der Waals surface area contributed by atoms with E-state index < -0.39 is 5.67 Å². The number of ketones is 1. The lowest BCUT2D eigenvalue weighted by molar-refractivity contribution is -0.120. The summed E-state index contributed by atoms with van der Waals surface area (Å²) in [5, 5.41) is 4.34. The second-order valence-corrected chi connectivity index (χ2v) is 9.31. The van der Waals surface area contributed by atoms with Crippen LogP contribution in [0.15, 0.2) is 35.3 Å². The molecule has 1 aliphatic rings. The number of Topliss-reactive ketones (excluding diaryl/α,β-unsaturated/α-hetero) is 1. The molecule has 186 valence electrons. The fourth-order valence-corrected chi connectivity index (χ4v) is 4.16. The summed E-state index contributed by atoms with van der Waals surface area (Å²) in [6, 6.07) is 7.19. The molecule has 3 aromatic rings. The molecule has 0 aliphatic carbocycles. The highest BCUT2D eigenvalue weighted by Gasteiger charge is 2.30. The van der Waals surface area contributed by atoms with E-state index in [1.807, 2.05) is 30.0 Å². The number of ether oxygens (including phenoxy) is 1. The molecule has 0 spiro atoms. The third kappa shape index (κ3) is 5.56. The summed E-state index contributed by atoms with van der Waals surface area (Å²) in [5.74, 6) is 0.968. The van der Waals surface area contributed by atoms with E-state index in [2.05, 4.69) is 15.3 Å². The highest BCUT2D eigenvalue weighted by atomic mass is 35.5. The van der Waals surface area contributed by atoms with Crippen LogP contribution in [-0.2, 0) is 11.3 Å². The van der Waals surface area contributed by atoms with Crippen LogP contribution in [0, 0.1) is 0 Å². The van der Waals surface area contributed by atoms with Crippen LogP contribution in [0.25, 0.3) is 10.9 Å². The largest absolute Gasteiger partial charge is 0.480 e. The number of anilines is 3. The van der Waals surface area contributed by atoms with Gasteiger partial charge in [0.1, 0.15) is 17.3 Å². The highest BCUT2D eigenvalue weighted by molar-refractivity contribution is 6.32. The Morgan fingerprint density at radius 3 is 2.69 bits per heavy atom.